The van der Waals surface area contributed by atoms with Gasteiger partial charge in [0.1, 0.15) is 0 Å². The predicted molar refractivity (Wildman–Crippen MR) is 80.0 cm³/mol. The molecule has 1 heterocycles. The molecular weight excluding hydrogens is 254 g/mol. The van der Waals surface area contributed by atoms with E-state index in [1.807, 2.05) is 36.9 Å². The maximum Gasteiger partial charge on any atom is 0.321 e. The van der Waals surface area contributed by atoms with Crippen LogP contribution in [0.2, 0.25) is 0 Å². The number of aliphatic hydroxyl groups is 1. The molecule has 1 aliphatic heterocycles. The molecule has 2 rings (SSSR count). The van der Waals surface area contributed by atoms with Gasteiger partial charge in [-0.15, -0.1) is 0 Å². The van der Waals surface area contributed by atoms with Crippen molar-refractivity contribution in [2.75, 3.05) is 44.6 Å². The van der Waals surface area contributed by atoms with Crippen LogP contribution in [0.25, 0.3) is 0 Å². The summed E-state index contributed by atoms with van der Waals surface area (Å²) in [6.07, 6.45) is 0. The molecule has 2 N–H and O–H groups in total. The Morgan fingerprint density at radius 1 is 1.20 bits per heavy atom. The number of amides is 2. The van der Waals surface area contributed by atoms with Crippen molar-refractivity contribution < 1.29 is 9.90 Å². The SMILES string of the molecule is Cc1cccc(C)c1NC(=O)N1CCN(CCO)CC1. The number of anilines is 1. The lowest BCUT2D eigenvalue weighted by Crippen LogP contribution is -2.50. The fraction of sp³-hybridized carbons (Fsp3) is 0.533. The van der Waals surface area contributed by atoms with Gasteiger partial charge in [-0.05, 0) is 25.0 Å². The standard InChI is InChI=1S/C15H23N3O2/c1-12-4-3-5-13(2)14(12)16-15(20)18-8-6-17(7-9-18)10-11-19/h3-5,19H,6-11H2,1-2H3,(H,16,20). The summed E-state index contributed by atoms with van der Waals surface area (Å²) in [7, 11) is 0. The van der Waals surface area contributed by atoms with E-state index in [1.54, 1.807) is 0 Å². The van der Waals surface area contributed by atoms with Crippen LogP contribution < -0.4 is 5.32 Å². The summed E-state index contributed by atoms with van der Waals surface area (Å²) in [5.74, 6) is 0. The van der Waals surface area contributed by atoms with Gasteiger partial charge in [-0.1, -0.05) is 18.2 Å². The number of carbonyl (C=O) groups excluding carboxylic acids is 1. The van der Waals surface area contributed by atoms with Crippen molar-refractivity contribution in [1.29, 1.82) is 0 Å². The fourth-order valence-corrected chi connectivity index (χ4v) is 2.51. The molecule has 0 aromatic heterocycles. The van der Waals surface area contributed by atoms with Crippen LogP contribution in [0.5, 0.6) is 0 Å². The lowest BCUT2D eigenvalue weighted by molar-refractivity contribution is 0.127. The summed E-state index contributed by atoms with van der Waals surface area (Å²) in [4.78, 5) is 16.3. The summed E-state index contributed by atoms with van der Waals surface area (Å²) in [5.41, 5.74) is 3.07. The summed E-state index contributed by atoms with van der Waals surface area (Å²) < 4.78 is 0. The van der Waals surface area contributed by atoms with Gasteiger partial charge in [0.05, 0.1) is 6.61 Å². The molecule has 0 radical (unpaired) electrons. The molecule has 1 aromatic carbocycles. The highest BCUT2D eigenvalue weighted by Crippen LogP contribution is 2.20. The topological polar surface area (TPSA) is 55.8 Å². The highest BCUT2D eigenvalue weighted by atomic mass is 16.3. The van der Waals surface area contributed by atoms with Gasteiger partial charge in [-0.2, -0.15) is 0 Å². The molecule has 2 amide bonds. The Bertz CT molecular complexity index is 448. The summed E-state index contributed by atoms with van der Waals surface area (Å²) >= 11 is 0. The van der Waals surface area contributed by atoms with E-state index in [4.69, 9.17) is 5.11 Å². The maximum absolute atomic E-state index is 12.3. The number of para-hydroxylation sites is 1. The Hall–Kier alpha value is -1.59. The number of hydrogen-bond acceptors (Lipinski definition) is 3. The van der Waals surface area contributed by atoms with Crippen LogP contribution in [0.1, 0.15) is 11.1 Å². The highest BCUT2D eigenvalue weighted by Gasteiger charge is 2.21. The third-order valence-corrected chi connectivity index (χ3v) is 3.79. The lowest BCUT2D eigenvalue weighted by Gasteiger charge is -2.34. The third kappa shape index (κ3) is 3.49. The predicted octanol–water partition coefficient (Wildman–Crippen LogP) is 1.45. The lowest BCUT2D eigenvalue weighted by atomic mass is 10.1. The second-order valence-electron chi connectivity index (χ2n) is 5.25. The monoisotopic (exact) mass is 277 g/mol. The molecular formula is C15H23N3O2. The Morgan fingerprint density at radius 3 is 2.35 bits per heavy atom. The molecule has 0 bridgehead atoms. The van der Waals surface area contributed by atoms with Gasteiger partial charge in [-0.3, -0.25) is 4.90 Å². The minimum atomic E-state index is -0.0361. The first-order valence-electron chi connectivity index (χ1n) is 7.07. The highest BCUT2D eigenvalue weighted by molar-refractivity contribution is 5.91. The van der Waals surface area contributed by atoms with Gasteiger partial charge >= 0.3 is 6.03 Å². The van der Waals surface area contributed by atoms with E-state index in [9.17, 15) is 4.79 Å². The van der Waals surface area contributed by atoms with Crippen LogP contribution in [-0.4, -0.2) is 60.3 Å². The van der Waals surface area contributed by atoms with Crippen LogP contribution in [0.15, 0.2) is 18.2 Å². The number of benzene rings is 1. The van der Waals surface area contributed by atoms with Crippen LogP contribution in [0.4, 0.5) is 10.5 Å². The van der Waals surface area contributed by atoms with E-state index >= 15 is 0 Å². The van der Waals surface area contributed by atoms with E-state index in [0.717, 1.165) is 29.9 Å². The smallest absolute Gasteiger partial charge is 0.321 e. The number of nitrogens with one attached hydrogen (secondary N) is 1. The van der Waals surface area contributed by atoms with Gasteiger partial charge < -0.3 is 15.3 Å². The average Bonchev–Trinajstić information content (AvgIpc) is 2.44. The van der Waals surface area contributed by atoms with Crippen molar-refractivity contribution in [2.45, 2.75) is 13.8 Å². The molecule has 1 fully saturated rings. The second-order valence-corrected chi connectivity index (χ2v) is 5.25. The zero-order valence-electron chi connectivity index (χ0n) is 12.2. The minimum absolute atomic E-state index is 0.0361. The number of aliphatic hydroxyl groups excluding tert-OH is 1. The molecule has 1 saturated heterocycles. The zero-order valence-corrected chi connectivity index (χ0v) is 12.2. The second kappa shape index (κ2) is 6.72. The van der Waals surface area contributed by atoms with E-state index in [0.29, 0.717) is 19.6 Å². The first-order valence-corrected chi connectivity index (χ1v) is 7.07. The van der Waals surface area contributed by atoms with Gasteiger partial charge in [0.2, 0.25) is 0 Å². The van der Waals surface area contributed by atoms with Crippen molar-refractivity contribution in [3.05, 3.63) is 29.3 Å². The zero-order chi connectivity index (χ0) is 14.5. The molecule has 5 nitrogen and oxygen atoms in total. The van der Waals surface area contributed by atoms with Crippen LogP contribution >= 0.6 is 0 Å². The molecule has 110 valence electrons. The van der Waals surface area contributed by atoms with E-state index in [1.165, 1.54) is 0 Å². The van der Waals surface area contributed by atoms with Crippen LogP contribution in [0.3, 0.4) is 0 Å². The number of β-amino-alcohol motifs (C(OH)–C–C–N with tert-alkyl or cyclic N) is 1. The molecule has 0 aliphatic carbocycles. The van der Waals surface area contributed by atoms with Gasteiger partial charge in [0.25, 0.3) is 0 Å². The molecule has 5 heteroatoms. The fourth-order valence-electron chi connectivity index (χ4n) is 2.51. The van der Waals surface area contributed by atoms with E-state index in [2.05, 4.69) is 10.2 Å². The first kappa shape index (κ1) is 14.8. The molecule has 1 aliphatic rings. The number of carbonyl (C=O) groups is 1. The quantitative estimate of drug-likeness (QED) is 0.879. The average molecular weight is 277 g/mol. The molecule has 0 spiro atoms. The van der Waals surface area contributed by atoms with Crippen molar-refractivity contribution >= 4 is 11.7 Å². The number of urea groups is 1. The van der Waals surface area contributed by atoms with Crippen LogP contribution in [-0.2, 0) is 0 Å². The van der Waals surface area contributed by atoms with Crippen molar-refractivity contribution in [1.82, 2.24) is 9.80 Å². The third-order valence-electron chi connectivity index (χ3n) is 3.79. The number of hydrogen-bond donors (Lipinski definition) is 2. The van der Waals surface area contributed by atoms with Crippen molar-refractivity contribution in [3.63, 3.8) is 0 Å². The van der Waals surface area contributed by atoms with Crippen molar-refractivity contribution in [2.24, 2.45) is 0 Å². The number of nitrogens with zero attached hydrogens (tertiary/aromatic N) is 2. The Morgan fingerprint density at radius 2 is 1.80 bits per heavy atom. The van der Waals surface area contributed by atoms with Crippen molar-refractivity contribution in [3.8, 4) is 0 Å². The van der Waals surface area contributed by atoms with E-state index in [-0.39, 0.29) is 12.6 Å². The molecule has 0 atom stereocenters. The maximum atomic E-state index is 12.3. The molecule has 0 unspecified atom stereocenters. The molecule has 20 heavy (non-hydrogen) atoms. The van der Waals surface area contributed by atoms with Gasteiger partial charge in [-0.25, -0.2) is 4.79 Å². The molecule has 0 saturated carbocycles. The summed E-state index contributed by atoms with van der Waals surface area (Å²) in [6, 6.07) is 5.96. The Labute approximate surface area is 120 Å². The number of aryl methyl sites for hydroxylation is 2. The van der Waals surface area contributed by atoms with Gasteiger partial charge in [0, 0.05) is 38.4 Å². The Kier molecular flexibility index (Phi) is 4.98. The first-order chi connectivity index (χ1) is 9.61. The summed E-state index contributed by atoms with van der Waals surface area (Å²) in [6.45, 7) is 7.92. The number of rotatable bonds is 3. The normalized spacial score (nSPS) is 16.2. The number of piperazine rings is 1. The summed E-state index contributed by atoms with van der Waals surface area (Å²) in [5, 5.41) is 11.9. The van der Waals surface area contributed by atoms with Gasteiger partial charge in [0.15, 0.2) is 0 Å². The minimum Gasteiger partial charge on any atom is -0.395 e. The largest absolute Gasteiger partial charge is 0.395 e. The Balaban J connectivity index is 1.93. The van der Waals surface area contributed by atoms with Crippen LogP contribution in [0, 0.1) is 13.8 Å². The molecule has 1 aromatic rings. The van der Waals surface area contributed by atoms with E-state index < -0.39 is 0 Å².